The van der Waals surface area contributed by atoms with Crippen molar-refractivity contribution in [2.24, 2.45) is 0 Å². The van der Waals surface area contributed by atoms with Gasteiger partial charge < -0.3 is 10.5 Å². The second kappa shape index (κ2) is 4.23. The van der Waals surface area contributed by atoms with Crippen LogP contribution in [0.25, 0.3) is 0 Å². The lowest BCUT2D eigenvalue weighted by Crippen LogP contribution is -2.30. The van der Waals surface area contributed by atoms with E-state index in [2.05, 4.69) is 0 Å². The molecule has 0 fully saturated rings. The number of rotatable bonds is 2. The Hall–Kier alpha value is -2.02. The molecule has 0 heterocycles. The van der Waals surface area contributed by atoms with Crippen LogP contribution in [0.2, 0.25) is 0 Å². The third-order valence-corrected chi connectivity index (χ3v) is 2.59. The molecule has 0 saturated heterocycles. The Kier molecular flexibility index (Phi) is 3.19. The molecule has 0 bridgehead atoms. The number of benzene rings is 1. The zero-order chi connectivity index (χ0) is 12.3. The summed E-state index contributed by atoms with van der Waals surface area (Å²) in [6.07, 6.45) is 0. The van der Waals surface area contributed by atoms with Gasteiger partial charge in [0.2, 0.25) is 0 Å². The molecule has 4 nitrogen and oxygen atoms in total. The molecule has 1 aromatic carbocycles. The second-order valence-electron chi connectivity index (χ2n) is 4.03. The molecule has 16 heavy (non-hydrogen) atoms. The van der Waals surface area contributed by atoms with E-state index in [-0.39, 0.29) is 5.97 Å². The van der Waals surface area contributed by atoms with Gasteiger partial charge in [0.1, 0.15) is 6.07 Å². The summed E-state index contributed by atoms with van der Waals surface area (Å²) in [6, 6.07) is 6.96. The van der Waals surface area contributed by atoms with Crippen molar-refractivity contribution in [2.75, 3.05) is 12.8 Å². The van der Waals surface area contributed by atoms with Gasteiger partial charge in [-0.1, -0.05) is 6.07 Å². The predicted octanol–water partition coefficient (Wildman–Crippen LogP) is 1.59. The molecule has 0 spiro atoms. The Bertz CT molecular complexity index is 459. The zero-order valence-corrected chi connectivity index (χ0v) is 9.57. The lowest BCUT2D eigenvalue weighted by atomic mass is 9.84. The van der Waals surface area contributed by atoms with E-state index in [1.807, 2.05) is 6.07 Å². The number of anilines is 1. The predicted molar refractivity (Wildman–Crippen MR) is 60.6 cm³/mol. The first-order chi connectivity index (χ1) is 7.43. The minimum atomic E-state index is -0.784. The molecule has 0 saturated carbocycles. The quantitative estimate of drug-likeness (QED) is 0.604. The van der Waals surface area contributed by atoms with Gasteiger partial charge in [0.15, 0.2) is 0 Å². The van der Waals surface area contributed by atoms with Gasteiger partial charge in [-0.15, -0.1) is 0 Å². The van der Waals surface area contributed by atoms with Gasteiger partial charge >= 0.3 is 5.97 Å². The van der Waals surface area contributed by atoms with Crippen LogP contribution in [-0.4, -0.2) is 13.1 Å². The Labute approximate surface area is 94.6 Å². The lowest BCUT2D eigenvalue weighted by Gasteiger charge is -2.22. The van der Waals surface area contributed by atoms with Crippen molar-refractivity contribution < 1.29 is 9.53 Å². The smallest absolute Gasteiger partial charge is 0.315 e. The van der Waals surface area contributed by atoms with E-state index in [1.165, 1.54) is 7.11 Å². The van der Waals surface area contributed by atoms with Gasteiger partial charge in [-0.05, 0) is 31.5 Å². The minimum Gasteiger partial charge on any atom is -0.468 e. The topological polar surface area (TPSA) is 76.1 Å². The molecule has 0 aliphatic rings. The first-order valence-corrected chi connectivity index (χ1v) is 4.82. The van der Waals surface area contributed by atoms with Gasteiger partial charge in [-0.2, -0.15) is 5.26 Å². The number of carbonyl (C=O) groups excluding carboxylic acids is 1. The minimum absolute atomic E-state index is 0.346. The van der Waals surface area contributed by atoms with Crippen molar-refractivity contribution in [1.29, 1.82) is 5.26 Å². The standard InChI is InChI=1S/C12H14N2O2/c1-12(2,11(15)16-3)9-4-5-10(14)8(6-9)7-13/h4-6H,14H2,1-3H3. The number of hydrogen-bond donors (Lipinski definition) is 1. The van der Waals surface area contributed by atoms with Crippen LogP contribution in [0.3, 0.4) is 0 Å². The van der Waals surface area contributed by atoms with E-state index in [9.17, 15) is 4.79 Å². The number of nitrogens with zero attached hydrogens (tertiary/aromatic N) is 1. The fraction of sp³-hybridized carbons (Fsp3) is 0.333. The molecule has 0 aliphatic carbocycles. The summed E-state index contributed by atoms with van der Waals surface area (Å²) in [5, 5.41) is 8.86. The molecule has 0 unspecified atom stereocenters. The SMILES string of the molecule is COC(=O)C(C)(C)c1ccc(N)c(C#N)c1. The molecule has 0 aromatic heterocycles. The third-order valence-electron chi connectivity index (χ3n) is 2.59. The lowest BCUT2D eigenvalue weighted by molar-refractivity contribution is -0.146. The summed E-state index contributed by atoms with van der Waals surface area (Å²) in [7, 11) is 1.34. The van der Waals surface area contributed by atoms with Crippen LogP contribution < -0.4 is 5.73 Å². The molecule has 0 radical (unpaired) electrons. The highest BCUT2D eigenvalue weighted by Crippen LogP contribution is 2.27. The zero-order valence-electron chi connectivity index (χ0n) is 9.57. The van der Waals surface area contributed by atoms with Gasteiger partial charge in [0, 0.05) is 5.69 Å². The number of nitrogen functional groups attached to an aromatic ring is 1. The molecule has 2 N–H and O–H groups in total. The average Bonchev–Trinajstić information content (AvgIpc) is 2.28. The Balaban J connectivity index is 3.25. The third kappa shape index (κ3) is 1.98. The molecule has 4 heteroatoms. The number of nitrogens with two attached hydrogens (primary N) is 1. The van der Waals surface area contributed by atoms with Crippen LogP contribution in [0.5, 0.6) is 0 Å². The summed E-state index contributed by atoms with van der Waals surface area (Å²) >= 11 is 0. The number of nitriles is 1. The van der Waals surface area contributed by atoms with Crippen LogP contribution >= 0.6 is 0 Å². The highest BCUT2D eigenvalue weighted by Gasteiger charge is 2.31. The van der Waals surface area contributed by atoms with E-state index in [4.69, 9.17) is 15.7 Å². The molecule has 1 rings (SSSR count). The van der Waals surface area contributed by atoms with E-state index in [0.29, 0.717) is 16.8 Å². The number of ether oxygens (including phenoxy) is 1. The molecule has 0 atom stereocenters. The van der Waals surface area contributed by atoms with E-state index in [0.717, 1.165) is 0 Å². The first kappa shape index (κ1) is 12.1. The summed E-state index contributed by atoms with van der Waals surface area (Å²) in [5.41, 5.74) is 6.32. The van der Waals surface area contributed by atoms with Crippen molar-refractivity contribution in [3.8, 4) is 6.07 Å². The summed E-state index contributed by atoms with van der Waals surface area (Å²) < 4.78 is 4.72. The van der Waals surface area contributed by atoms with Crippen LogP contribution in [-0.2, 0) is 14.9 Å². The van der Waals surface area contributed by atoms with Crippen molar-refractivity contribution in [1.82, 2.24) is 0 Å². The monoisotopic (exact) mass is 218 g/mol. The van der Waals surface area contributed by atoms with Crippen LogP contribution in [0.4, 0.5) is 5.69 Å². The maximum atomic E-state index is 11.6. The Morgan fingerprint density at radius 2 is 2.12 bits per heavy atom. The number of carbonyl (C=O) groups is 1. The van der Waals surface area contributed by atoms with Gasteiger partial charge in [0.25, 0.3) is 0 Å². The first-order valence-electron chi connectivity index (χ1n) is 4.82. The van der Waals surface area contributed by atoms with E-state index < -0.39 is 5.41 Å². The van der Waals surface area contributed by atoms with E-state index in [1.54, 1.807) is 32.0 Å². The molecule has 1 aromatic rings. The van der Waals surface area contributed by atoms with Crippen molar-refractivity contribution in [3.63, 3.8) is 0 Å². The second-order valence-corrected chi connectivity index (χ2v) is 4.03. The molecule has 0 aliphatic heterocycles. The van der Waals surface area contributed by atoms with Crippen LogP contribution in [0.15, 0.2) is 18.2 Å². The van der Waals surface area contributed by atoms with Gasteiger partial charge in [0.05, 0.1) is 18.1 Å². The highest BCUT2D eigenvalue weighted by atomic mass is 16.5. The number of methoxy groups -OCH3 is 1. The summed E-state index contributed by atoms with van der Waals surface area (Å²) in [4.78, 5) is 11.6. The van der Waals surface area contributed by atoms with Crippen molar-refractivity contribution in [2.45, 2.75) is 19.3 Å². The number of hydrogen-bond acceptors (Lipinski definition) is 4. The van der Waals surface area contributed by atoms with E-state index >= 15 is 0 Å². The molecule has 0 amide bonds. The van der Waals surface area contributed by atoms with Crippen molar-refractivity contribution in [3.05, 3.63) is 29.3 Å². The Morgan fingerprint density at radius 3 is 2.62 bits per heavy atom. The van der Waals surface area contributed by atoms with Gasteiger partial charge in [-0.3, -0.25) is 4.79 Å². The molecular weight excluding hydrogens is 204 g/mol. The van der Waals surface area contributed by atoms with Crippen LogP contribution in [0.1, 0.15) is 25.0 Å². The largest absolute Gasteiger partial charge is 0.468 e. The maximum absolute atomic E-state index is 11.6. The maximum Gasteiger partial charge on any atom is 0.315 e. The van der Waals surface area contributed by atoms with Crippen LogP contribution in [0, 0.1) is 11.3 Å². The highest BCUT2D eigenvalue weighted by molar-refractivity contribution is 5.82. The Morgan fingerprint density at radius 1 is 1.50 bits per heavy atom. The number of esters is 1. The normalized spacial score (nSPS) is 10.6. The van der Waals surface area contributed by atoms with Gasteiger partial charge in [-0.25, -0.2) is 0 Å². The van der Waals surface area contributed by atoms with Crippen molar-refractivity contribution >= 4 is 11.7 Å². The summed E-state index contributed by atoms with van der Waals surface area (Å²) in [6.45, 7) is 3.48. The summed E-state index contributed by atoms with van der Waals surface area (Å²) in [5.74, 6) is -0.346. The average molecular weight is 218 g/mol. The fourth-order valence-electron chi connectivity index (χ4n) is 1.41. The fourth-order valence-corrected chi connectivity index (χ4v) is 1.41. The molecule has 84 valence electrons. The molecular formula is C12H14N2O2.